The molecule has 1 atom stereocenters. The second-order valence-corrected chi connectivity index (χ2v) is 2.97. The lowest BCUT2D eigenvalue weighted by atomic mass is 10.1. The van der Waals surface area contributed by atoms with Gasteiger partial charge in [-0.1, -0.05) is 23.7 Å². The van der Waals surface area contributed by atoms with Gasteiger partial charge in [-0.05, 0) is 31.0 Å². The van der Waals surface area contributed by atoms with Crippen LogP contribution in [0.1, 0.15) is 13.9 Å². The van der Waals surface area contributed by atoms with Gasteiger partial charge in [-0.3, -0.25) is 0 Å². The summed E-state index contributed by atoms with van der Waals surface area (Å²) in [5.74, 6) is 0. The van der Waals surface area contributed by atoms with E-state index in [4.69, 9.17) is 13.0 Å². The minimum absolute atomic E-state index is 0.324. The van der Waals surface area contributed by atoms with Crippen molar-refractivity contribution in [2.24, 2.45) is 0 Å². The summed E-state index contributed by atoms with van der Waals surface area (Å²) >= 11 is 5.67. The Labute approximate surface area is 73.0 Å². The average Bonchev–Trinajstić information content (AvgIpc) is 1.91. The van der Waals surface area contributed by atoms with Gasteiger partial charge in [0.25, 0.3) is 0 Å². The fourth-order valence-electron chi connectivity index (χ4n) is 0.898. The molecule has 0 fully saturated rings. The third-order valence-corrected chi connectivity index (χ3v) is 1.63. The van der Waals surface area contributed by atoms with Gasteiger partial charge in [0.1, 0.15) is 0 Å². The van der Waals surface area contributed by atoms with Gasteiger partial charge in [0, 0.05) is 5.02 Å². The zero-order valence-corrected chi connectivity index (χ0v) is 7.10. The molecule has 0 aromatic heterocycles. The number of aliphatic hydroxyl groups is 1. The molecule has 1 rings (SSSR count). The van der Waals surface area contributed by atoms with Crippen molar-refractivity contribution >= 4 is 11.6 Å². The summed E-state index contributed by atoms with van der Waals surface area (Å²) in [6, 6.07) is 7.13. The predicted octanol–water partition coefficient (Wildman–Crippen LogP) is 2.26. The third-order valence-electron chi connectivity index (χ3n) is 1.37. The monoisotopic (exact) mass is 171 g/mol. The number of benzene rings is 1. The van der Waals surface area contributed by atoms with E-state index in [2.05, 4.69) is 0 Å². The highest BCUT2D eigenvalue weighted by Crippen LogP contribution is 2.10. The molecule has 0 saturated heterocycles. The molecule has 1 aromatic carbocycles. The topological polar surface area (TPSA) is 20.2 Å². The molecule has 0 spiro atoms. The van der Waals surface area contributed by atoms with Crippen molar-refractivity contribution in [2.45, 2.75) is 19.4 Å². The van der Waals surface area contributed by atoms with E-state index in [0.29, 0.717) is 11.4 Å². The molecule has 1 aromatic rings. The summed E-state index contributed by atoms with van der Waals surface area (Å²) in [5.41, 5.74) is 0.916. The first-order chi connectivity index (χ1) is 5.47. The summed E-state index contributed by atoms with van der Waals surface area (Å²) in [7, 11) is 0. The Kier molecular flexibility index (Phi) is 2.43. The van der Waals surface area contributed by atoms with Crippen molar-refractivity contribution in [3.8, 4) is 0 Å². The van der Waals surface area contributed by atoms with E-state index in [0.717, 1.165) is 5.56 Å². The molecule has 60 valence electrons. The van der Waals surface area contributed by atoms with E-state index in [-0.39, 0.29) is 0 Å². The Morgan fingerprint density at radius 3 is 2.55 bits per heavy atom. The summed E-state index contributed by atoms with van der Waals surface area (Å²) in [4.78, 5) is 0. The Balaban J connectivity index is 2.71. The van der Waals surface area contributed by atoms with Crippen LogP contribution in [0.25, 0.3) is 0 Å². The molecule has 0 aliphatic heterocycles. The third kappa shape index (κ3) is 2.91. The van der Waals surface area contributed by atoms with Crippen LogP contribution in [0.3, 0.4) is 0 Å². The quantitative estimate of drug-likeness (QED) is 0.724. The van der Waals surface area contributed by atoms with Crippen LogP contribution in [0, 0.1) is 0 Å². The molecule has 1 nitrogen and oxygen atoms in total. The molecule has 0 aliphatic rings. The van der Waals surface area contributed by atoms with Gasteiger partial charge >= 0.3 is 0 Å². The van der Waals surface area contributed by atoms with Crippen molar-refractivity contribution in [1.29, 1.82) is 0 Å². The highest BCUT2D eigenvalue weighted by molar-refractivity contribution is 6.30. The Morgan fingerprint density at radius 1 is 1.55 bits per heavy atom. The molecule has 0 radical (unpaired) electrons. The van der Waals surface area contributed by atoms with E-state index in [1.807, 2.05) is 12.1 Å². The summed E-state index contributed by atoms with van der Waals surface area (Å²) in [6.07, 6.45) is -1.07. The molecule has 0 amide bonds. The number of hydrogen-bond acceptors (Lipinski definition) is 1. The number of halogens is 1. The van der Waals surface area contributed by atoms with Crippen molar-refractivity contribution < 1.29 is 6.48 Å². The van der Waals surface area contributed by atoms with Crippen LogP contribution in [0.4, 0.5) is 0 Å². The molecule has 0 aliphatic carbocycles. The van der Waals surface area contributed by atoms with Gasteiger partial charge < -0.3 is 5.11 Å². The first-order valence-electron chi connectivity index (χ1n) is 3.94. The van der Waals surface area contributed by atoms with Crippen molar-refractivity contribution in [2.75, 3.05) is 0 Å². The zero-order chi connectivity index (χ0) is 9.19. The van der Waals surface area contributed by atoms with Crippen LogP contribution in [-0.2, 0) is 6.42 Å². The maximum Gasteiger partial charge on any atom is 0.0601 e. The lowest BCUT2D eigenvalue weighted by Gasteiger charge is -2.02. The van der Waals surface area contributed by atoms with Crippen LogP contribution >= 0.6 is 11.6 Å². The van der Waals surface area contributed by atoms with Gasteiger partial charge in [0.2, 0.25) is 0 Å². The fourth-order valence-corrected chi connectivity index (χ4v) is 1.02. The Hall–Kier alpha value is -0.530. The predicted molar refractivity (Wildman–Crippen MR) is 46.8 cm³/mol. The molecule has 0 unspecified atom stereocenters. The Morgan fingerprint density at radius 2 is 2.09 bits per heavy atom. The van der Waals surface area contributed by atoms with Gasteiger partial charge in [-0.15, -0.1) is 0 Å². The maximum atomic E-state index is 9.17. The molecule has 2 heteroatoms. The molecule has 0 saturated carbocycles. The molecule has 1 N–H and O–H groups in total. The molecular weight excluding hydrogens is 160 g/mol. The zero-order valence-electron chi connectivity index (χ0n) is 7.34. The van der Waals surface area contributed by atoms with Crippen LogP contribution < -0.4 is 0 Å². The standard InChI is InChI=1S/C9H11ClO/c1-7(11)6-8-2-4-9(10)5-3-8/h2-5,7,11H,6H2,1H3/t7-/m0/s1/i7D. The van der Waals surface area contributed by atoms with E-state index >= 15 is 0 Å². The first-order valence-corrected chi connectivity index (χ1v) is 3.82. The highest BCUT2D eigenvalue weighted by atomic mass is 35.5. The van der Waals surface area contributed by atoms with Crippen LogP contribution in [0.15, 0.2) is 24.3 Å². The lowest BCUT2D eigenvalue weighted by molar-refractivity contribution is 0.195. The van der Waals surface area contributed by atoms with Crippen LogP contribution in [0.2, 0.25) is 5.02 Å². The van der Waals surface area contributed by atoms with Gasteiger partial charge in [0.05, 0.1) is 7.45 Å². The lowest BCUT2D eigenvalue weighted by Crippen LogP contribution is -2.03. The number of hydrogen-bond donors (Lipinski definition) is 1. The molecule has 11 heavy (non-hydrogen) atoms. The SMILES string of the molecule is [2H][C@@](C)(O)Cc1ccc(Cl)cc1. The second kappa shape index (κ2) is 3.74. The van der Waals surface area contributed by atoms with Crippen LogP contribution in [0.5, 0.6) is 0 Å². The van der Waals surface area contributed by atoms with E-state index in [1.54, 1.807) is 12.1 Å². The van der Waals surface area contributed by atoms with Gasteiger partial charge in [-0.2, -0.15) is 0 Å². The summed E-state index contributed by atoms with van der Waals surface area (Å²) in [5, 5.41) is 9.84. The summed E-state index contributed by atoms with van der Waals surface area (Å²) in [6.45, 7) is 1.46. The van der Waals surface area contributed by atoms with Crippen molar-refractivity contribution in [3.63, 3.8) is 0 Å². The minimum Gasteiger partial charge on any atom is -0.393 e. The van der Waals surface area contributed by atoms with E-state index < -0.39 is 6.08 Å². The largest absolute Gasteiger partial charge is 0.393 e. The van der Waals surface area contributed by atoms with E-state index in [9.17, 15) is 5.11 Å². The summed E-state index contributed by atoms with van der Waals surface area (Å²) < 4.78 is 7.25. The molecule has 0 bridgehead atoms. The fraction of sp³-hybridized carbons (Fsp3) is 0.333. The second-order valence-electron chi connectivity index (χ2n) is 2.54. The van der Waals surface area contributed by atoms with Crippen molar-refractivity contribution in [1.82, 2.24) is 0 Å². The molecule has 0 heterocycles. The van der Waals surface area contributed by atoms with Gasteiger partial charge in [0.15, 0.2) is 0 Å². The minimum atomic E-state index is -1.40. The average molecular weight is 172 g/mol. The smallest absolute Gasteiger partial charge is 0.0601 e. The molecular formula is C9H11ClO. The van der Waals surface area contributed by atoms with Crippen LogP contribution in [-0.4, -0.2) is 11.2 Å². The van der Waals surface area contributed by atoms with Gasteiger partial charge in [-0.25, -0.2) is 0 Å². The normalized spacial score (nSPS) is 17.2. The van der Waals surface area contributed by atoms with E-state index in [1.165, 1.54) is 6.92 Å². The Bertz CT molecular complexity index is 250. The maximum absolute atomic E-state index is 9.17. The number of rotatable bonds is 2. The first kappa shape index (κ1) is 7.14. The van der Waals surface area contributed by atoms with Crippen molar-refractivity contribution in [3.05, 3.63) is 34.9 Å². The highest BCUT2D eigenvalue weighted by Gasteiger charge is 1.97.